The van der Waals surface area contributed by atoms with Gasteiger partial charge >= 0.3 is 0 Å². The van der Waals surface area contributed by atoms with E-state index in [4.69, 9.17) is 4.42 Å². The molecule has 28 heavy (non-hydrogen) atoms. The number of hydrogen-bond donors (Lipinski definition) is 0. The number of hydrogen-bond acceptors (Lipinski definition) is 7. The molecule has 2 fully saturated rings. The van der Waals surface area contributed by atoms with Crippen LogP contribution in [0.15, 0.2) is 41.7 Å². The lowest BCUT2D eigenvalue weighted by Crippen LogP contribution is -2.29. The van der Waals surface area contributed by atoms with Crippen molar-refractivity contribution >= 4 is 5.82 Å². The lowest BCUT2D eigenvalue weighted by molar-refractivity contribution is 0.302. The number of anilines is 1. The number of likely N-dealkylation sites (tertiary alicyclic amines) is 1. The molecule has 146 valence electrons. The minimum absolute atomic E-state index is 0.372. The second-order valence-electron chi connectivity index (χ2n) is 8.12. The Morgan fingerprint density at radius 2 is 1.86 bits per heavy atom. The van der Waals surface area contributed by atoms with Crippen LogP contribution in [0, 0.1) is 11.8 Å². The van der Waals surface area contributed by atoms with Gasteiger partial charge in [0.1, 0.15) is 17.9 Å². The SMILES string of the molecule is CC(C)c1ocnc1CN1CC2CN(c3cc(-n4cccn4)ncn3)CC2C1. The Kier molecular flexibility index (Phi) is 4.35. The fraction of sp³-hybridized carbons (Fsp3) is 0.500. The van der Waals surface area contributed by atoms with Gasteiger partial charge in [-0.05, 0) is 17.9 Å². The molecular weight excluding hydrogens is 354 g/mol. The molecule has 0 spiro atoms. The average Bonchev–Trinajstić information content (AvgIpc) is 3.46. The zero-order valence-corrected chi connectivity index (χ0v) is 16.3. The van der Waals surface area contributed by atoms with Gasteiger partial charge in [0.25, 0.3) is 0 Å². The van der Waals surface area contributed by atoms with Gasteiger partial charge in [0.2, 0.25) is 0 Å². The van der Waals surface area contributed by atoms with E-state index in [0.29, 0.717) is 17.8 Å². The van der Waals surface area contributed by atoms with Crippen molar-refractivity contribution in [1.29, 1.82) is 0 Å². The summed E-state index contributed by atoms with van der Waals surface area (Å²) in [7, 11) is 0. The molecule has 0 amide bonds. The molecule has 0 radical (unpaired) electrons. The predicted molar refractivity (Wildman–Crippen MR) is 104 cm³/mol. The Bertz CT molecular complexity index is 922. The van der Waals surface area contributed by atoms with Crippen molar-refractivity contribution in [2.75, 3.05) is 31.1 Å². The minimum atomic E-state index is 0.372. The van der Waals surface area contributed by atoms with Crippen LogP contribution in [0.3, 0.4) is 0 Å². The van der Waals surface area contributed by atoms with E-state index in [-0.39, 0.29) is 0 Å². The molecule has 0 saturated carbocycles. The molecule has 2 saturated heterocycles. The Morgan fingerprint density at radius 1 is 1.07 bits per heavy atom. The standard InChI is InChI=1S/C20H25N7O/c1-14(2)20-17(23-13-28-20)11-25-7-15-9-26(10-16(15)8-25)18-6-19(22-12-21-18)27-5-3-4-24-27/h3-6,12-16H,7-11H2,1-2H3. The summed E-state index contributed by atoms with van der Waals surface area (Å²) < 4.78 is 7.35. The summed E-state index contributed by atoms with van der Waals surface area (Å²) in [5.74, 6) is 4.51. The van der Waals surface area contributed by atoms with E-state index in [1.54, 1.807) is 23.6 Å². The summed E-state index contributed by atoms with van der Waals surface area (Å²) in [6.07, 6.45) is 6.87. The third-order valence-electron chi connectivity index (χ3n) is 5.83. The number of oxazole rings is 1. The third kappa shape index (κ3) is 3.17. The highest BCUT2D eigenvalue weighted by Gasteiger charge is 2.40. The number of rotatable bonds is 5. The summed E-state index contributed by atoms with van der Waals surface area (Å²) in [4.78, 5) is 18.2. The molecule has 0 aromatic carbocycles. The summed E-state index contributed by atoms with van der Waals surface area (Å²) in [6, 6.07) is 3.92. The van der Waals surface area contributed by atoms with Crippen molar-refractivity contribution < 1.29 is 4.42 Å². The summed E-state index contributed by atoms with van der Waals surface area (Å²) in [6.45, 7) is 9.46. The van der Waals surface area contributed by atoms with Crippen molar-refractivity contribution in [2.45, 2.75) is 26.3 Å². The monoisotopic (exact) mass is 379 g/mol. The van der Waals surface area contributed by atoms with E-state index in [0.717, 1.165) is 55.8 Å². The first kappa shape index (κ1) is 17.4. The van der Waals surface area contributed by atoms with E-state index >= 15 is 0 Å². The first-order chi connectivity index (χ1) is 13.7. The first-order valence-corrected chi connectivity index (χ1v) is 9.89. The van der Waals surface area contributed by atoms with Gasteiger partial charge in [0, 0.05) is 57.1 Å². The summed E-state index contributed by atoms with van der Waals surface area (Å²) in [5, 5.41) is 4.26. The van der Waals surface area contributed by atoms with E-state index < -0.39 is 0 Å². The average molecular weight is 379 g/mol. The van der Waals surface area contributed by atoms with Crippen LogP contribution in [0.4, 0.5) is 5.82 Å². The molecule has 0 bridgehead atoms. The van der Waals surface area contributed by atoms with E-state index in [9.17, 15) is 0 Å². The highest BCUT2D eigenvalue weighted by atomic mass is 16.3. The molecule has 2 unspecified atom stereocenters. The summed E-state index contributed by atoms with van der Waals surface area (Å²) >= 11 is 0. The second-order valence-corrected chi connectivity index (χ2v) is 8.12. The highest BCUT2D eigenvalue weighted by molar-refractivity contribution is 5.44. The zero-order valence-electron chi connectivity index (χ0n) is 16.3. The Morgan fingerprint density at radius 3 is 2.57 bits per heavy atom. The van der Waals surface area contributed by atoms with Crippen LogP contribution in [0.25, 0.3) is 5.82 Å². The molecule has 8 heteroatoms. The Labute approximate surface area is 164 Å². The Hall–Kier alpha value is -2.74. The van der Waals surface area contributed by atoms with Crippen LogP contribution in [-0.2, 0) is 6.54 Å². The molecule has 3 aromatic rings. The van der Waals surface area contributed by atoms with Gasteiger partial charge in [-0.1, -0.05) is 13.8 Å². The molecular formula is C20H25N7O. The van der Waals surface area contributed by atoms with Crippen LogP contribution >= 0.6 is 0 Å². The van der Waals surface area contributed by atoms with Gasteiger partial charge in [-0.25, -0.2) is 19.6 Å². The maximum atomic E-state index is 5.58. The lowest BCUT2D eigenvalue weighted by atomic mass is 10.0. The summed E-state index contributed by atoms with van der Waals surface area (Å²) in [5.41, 5.74) is 1.09. The van der Waals surface area contributed by atoms with Gasteiger partial charge < -0.3 is 9.32 Å². The van der Waals surface area contributed by atoms with Gasteiger partial charge in [-0.15, -0.1) is 0 Å². The van der Waals surface area contributed by atoms with Crippen LogP contribution in [0.1, 0.15) is 31.2 Å². The molecule has 5 heterocycles. The van der Waals surface area contributed by atoms with Crippen molar-refractivity contribution in [2.24, 2.45) is 11.8 Å². The van der Waals surface area contributed by atoms with Crippen molar-refractivity contribution in [3.63, 3.8) is 0 Å². The van der Waals surface area contributed by atoms with E-state index in [1.807, 2.05) is 18.3 Å². The fourth-order valence-corrected chi connectivity index (χ4v) is 4.52. The van der Waals surface area contributed by atoms with E-state index in [2.05, 4.69) is 43.7 Å². The van der Waals surface area contributed by atoms with Gasteiger partial charge in [0.15, 0.2) is 12.2 Å². The maximum Gasteiger partial charge on any atom is 0.181 e. The highest BCUT2D eigenvalue weighted by Crippen LogP contribution is 2.34. The van der Waals surface area contributed by atoms with Gasteiger partial charge in [-0.2, -0.15) is 5.10 Å². The normalized spacial score (nSPS) is 22.3. The van der Waals surface area contributed by atoms with Gasteiger partial charge in [0.05, 0.1) is 5.69 Å². The predicted octanol–water partition coefficient (Wildman–Crippen LogP) is 2.34. The zero-order chi connectivity index (χ0) is 19.1. The Balaban J connectivity index is 1.24. The molecule has 3 aromatic heterocycles. The van der Waals surface area contributed by atoms with Crippen LogP contribution in [-0.4, -0.2) is 55.8 Å². The van der Waals surface area contributed by atoms with Crippen LogP contribution < -0.4 is 4.90 Å². The lowest BCUT2D eigenvalue weighted by Gasteiger charge is -2.22. The fourth-order valence-electron chi connectivity index (χ4n) is 4.52. The van der Waals surface area contributed by atoms with Crippen molar-refractivity contribution in [3.8, 4) is 5.82 Å². The molecule has 5 rings (SSSR count). The molecule has 0 aliphatic carbocycles. The number of nitrogens with zero attached hydrogens (tertiary/aromatic N) is 7. The van der Waals surface area contributed by atoms with Gasteiger partial charge in [-0.3, -0.25) is 4.90 Å². The topological polar surface area (TPSA) is 76.1 Å². The van der Waals surface area contributed by atoms with Crippen molar-refractivity contribution in [1.82, 2.24) is 29.6 Å². The quantitative estimate of drug-likeness (QED) is 0.673. The molecule has 2 aliphatic rings. The van der Waals surface area contributed by atoms with Crippen LogP contribution in [0.2, 0.25) is 0 Å². The molecule has 2 aliphatic heterocycles. The molecule has 2 atom stereocenters. The molecule has 8 nitrogen and oxygen atoms in total. The van der Waals surface area contributed by atoms with Crippen LogP contribution in [0.5, 0.6) is 0 Å². The smallest absolute Gasteiger partial charge is 0.181 e. The molecule has 0 N–H and O–H groups in total. The number of aromatic nitrogens is 5. The first-order valence-electron chi connectivity index (χ1n) is 9.89. The largest absolute Gasteiger partial charge is 0.448 e. The maximum absolute atomic E-state index is 5.58. The third-order valence-corrected chi connectivity index (χ3v) is 5.83. The number of fused-ring (bicyclic) bond motifs is 1. The minimum Gasteiger partial charge on any atom is -0.448 e. The van der Waals surface area contributed by atoms with E-state index in [1.165, 1.54) is 0 Å². The second kappa shape index (κ2) is 7.01. The van der Waals surface area contributed by atoms with Crippen molar-refractivity contribution in [3.05, 3.63) is 48.7 Å².